The molecule has 2 aromatic carbocycles. The van der Waals surface area contributed by atoms with Crippen molar-refractivity contribution in [3.8, 4) is 0 Å². The van der Waals surface area contributed by atoms with Crippen LogP contribution in [-0.4, -0.2) is 43.5 Å². The van der Waals surface area contributed by atoms with Gasteiger partial charge < -0.3 is 14.6 Å². The normalized spacial score (nSPS) is 15.6. The lowest BCUT2D eigenvalue weighted by molar-refractivity contribution is 0.0922. The highest BCUT2D eigenvalue weighted by Gasteiger charge is 2.28. The number of furan rings is 1. The number of carbonyl (C=O) groups excluding carboxylic acids is 1. The third kappa shape index (κ3) is 4.74. The summed E-state index contributed by atoms with van der Waals surface area (Å²) in [5.74, 6) is -2.14. The third-order valence-corrected chi connectivity index (χ3v) is 5.46. The Kier molecular flexibility index (Phi) is 6.27. The standard InChI is InChI=1S/C23H22F3N3O2/c24-17-8-7-16(14-19(17)26)23(30)27-15-21(22-6-3-13-31-22)29-11-9-28(10-12-29)20-5-2-1-4-18(20)25/h1-8,13-14,21H,9-12,15H2,(H,27,30)/t21-/m1/s1. The van der Waals surface area contributed by atoms with E-state index in [4.69, 9.17) is 4.42 Å². The van der Waals surface area contributed by atoms with Gasteiger partial charge in [0, 0.05) is 38.3 Å². The van der Waals surface area contributed by atoms with Gasteiger partial charge in [-0.05, 0) is 42.5 Å². The van der Waals surface area contributed by atoms with Gasteiger partial charge in [0.2, 0.25) is 0 Å². The average molecular weight is 429 g/mol. The molecule has 1 fully saturated rings. The van der Waals surface area contributed by atoms with Crippen LogP contribution in [0.15, 0.2) is 65.3 Å². The molecule has 162 valence electrons. The summed E-state index contributed by atoms with van der Waals surface area (Å²) in [5, 5.41) is 2.78. The van der Waals surface area contributed by atoms with Gasteiger partial charge in [0.1, 0.15) is 11.6 Å². The van der Waals surface area contributed by atoms with Gasteiger partial charge in [-0.15, -0.1) is 0 Å². The fourth-order valence-corrected chi connectivity index (χ4v) is 3.80. The zero-order chi connectivity index (χ0) is 21.8. The first-order valence-corrected chi connectivity index (χ1v) is 10.0. The summed E-state index contributed by atoms with van der Waals surface area (Å²) in [5.41, 5.74) is 0.616. The van der Waals surface area contributed by atoms with E-state index < -0.39 is 17.5 Å². The van der Waals surface area contributed by atoms with E-state index in [1.165, 1.54) is 12.1 Å². The topological polar surface area (TPSA) is 48.7 Å². The minimum Gasteiger partial charge on any atom is -0.468 e. The number of nitrogens with one attached hydrogen (secondary N) is 1. The lowest BCUT2D eigenvalue weighted by Crippen LogP contribution is -2.50. The molecule has 3 aromatic rings. The van der Waals surface area contributed by atoms with E-state index in [1.807, 2.05) is 17.0 Å². The highest BCUT2D eigenvalue weighted by molar-refractivity contribution is 5.94. The molecule has 1 saturated heterocycles. The van der Waals surface area contributed by atoms with E-state index in [-0.39, 0.29) is 24.0 Å². The second kappa shape index (κ2) is 9.26. The van der Waals surface area contributed by atoms with Crippen LogP contribution in [0.4, 0.5) is 18.9 Å². The SMILES string of the molecule is O=C(NC[C@H](c1ccco1)N1CCN(c2ccccc2F)CC1)c1ccc(F)c(F)c1. The van der Waals surface area contributed by atoms with Gasteiger partial charge in [0.05, 0.1) is 18.0 Å². The Morgan fingerprint density at radius 2 is 1.71 bits per heavy atom. The molecule has 0 spiro atoms. The van der Waals surface area contributed by atoms with Crippen molar-refractivity contribution < 1.29 is 22.4 Å². The molecule has 1 aliphatic rings. The van der Waals surface area contributed by atoms with Gasteiger partial charge in [-0.2, -0.15) is 0 Å². The van der Waals surface area contributed by atoms with Gasteiger partial charge in [-0.1, -0.05) is 12.1 Å². The average Bonchev–Trinajstić information content (AvgIpc) is 3.31. The molecule has 1 aromatic heterocycles. The number of anilines is 1. The van der Waals surface area contributed by atoms with Crippen molar-refractivity contribution in [3.05, 3.63) is 89.6 Å². The van der Waals surface area contributed by atoms with Crippen molar-refractivity contribution in [3.63, 3.8) is 0 Å². The minimum atomic E-state index is -1.07. The second-order valence-electron chi connectivity index (χ2n) is 7.34. The molecule has 31 heavy (non-hydrogen) atoms. The molecule has 0 saturated carbocycles. The van der Waals surface area contributed by atoms with E-state index >= 15 is 0 Å². The van der Waals surface area contributed by atoms with Crippen molar-refractivity contribution in [1.82, 2.24) is 10.2 Å². The van der Waals surface area contributed by atoms with Crippen molar-refractivity contribution >= 4 is 11.6 Å². The second-order valence-corrected chi connectivity index (χ2v) is 7.34. The summed E-state index contributed by atoms with van der Waals surface area (Å²) < 4.78 is 46.3. The van der Waals surface area contributed by atoms with Crippen molar-refractivity contribution in [2.24, 2.45) is 0 Å². The number of piperazine rings is 1. The quantitative estimate of drug-likeness (QED) is 0.644. The van der Waals surface area contributed by atoms with Gasteiger partial charge in [-0.25, -0.2) is 13.2 Å². The number of hydrogen-bond donors (Lipinski definition) is 1. The van der Waals surface area contributed by atoms with E-state index in [9.17, 15) is 18.0 Å². The highest BCUT2D eigenvalue weighted by atomic mass is 19.2. The monoisotopic (exact) mass is 429 g/mol. The number of amides is 1. The van der Waals surface area contributed by atoms with Gasteiger partial charge in [0.25, 0.3) is 5.91 Å². The van der Waals surface area contributed by atoms with Crippen LogP contribution in [0.2, 0.25) is 0 Å². The van der Waals surface area contributed by atoms with Crippen LogP contribution in [0.3, 0.4) is 0 Å². The zero-order valence-electron chi connectivity index (χ0n) is 16.7. The first-order chi connectivity index (χ1) is 15.0. The van der Waals surface area contributed by atoms with E-state index in [1.54, 1.807) is 24.5 Å². The number of nitrogens with zero attached hydrogens (tertiary/aromatic N) is 2. The summed E-state index contributed by atoms with van der Waals surface area (Å²) in [6.45, 7) is 2.75. The number of carbonyl (C=O) groups is 1. The molecule has 1 amide bonds. The predicted octanol–water partition coefficient (Wildman–Crippen LogP) is 3.99. The first-order valence-electron chi connectivity index (χ1n) is 10.0. The van der Waals surface area contributed by atoms with Crippen molar-refractivity contribution in [2.75, 3.05) is 37.6 Å². The maximum absolute atomic E-state index is 14.1. The molecule has 1 N–H and O–H groups in total. The van der Waals surface area contributed by atoms with Crippen molar-refractivity contribution in [1.29, 1.82) is 0 Å². The predicted molar refractivity (Wildman–Crippen MR) is 110 cm³/mol. The van der Waals surface area contributed by atoms with Crippen LogP contribution in [0, 0.1) is 17.5 Å². The Labute approximate surface area is 178 Å². The Morgan fingerprint density at radius 1 is 0.935 bits per heavy atom. The smallest absolute Gasteiger partial charge is 0.251 e. The molecule has 0 unspecified atom stereocenters. The fourth-order valence-electron chi connectivity index (χ4n) is 3.80. The maximum Gasteiger partial charge on any atom is 0.251 e. The molecule has 1 aliphatic heterocycles. The number of benzene rings is 2. The van der Waals surface area contributed by atoms with E-state index in [2.05, 4.69) is 10.2 Å². The highest BCUT2D eigenvalue weighted by Crippen LogP contribution is 2.25. The van der Waals surface area contributed by atoms with Gasteiger partial charge in [0.15, 0.2) is 11.6 Å². The molecule has 1 atom stereocenters. The van der Waals surface area contributed by atoms with Crippen LogP contribution < -0.4 is 10.2 Å². The summed E-state index contributed by atoms with van der Waals surface area (Å²) in [6.07, 6.45) is 1.56. The summed E-state index contributed by atoms with van der Waals surface area (Å²) in [4.78, 5) is 16.6. The van der Waals surface area contributed by atoms with E-state index in [0.29, 0.717) is 37.6 Å². The molecule has 4 rings (SSSR count). The van der Waals surface area contributed by atoms with Crippen LogP contribution in [0.1, 0.15) is 22.2 Å². The maximum atomic E-state index is 14.1. The lowest BCUT2D eigenvalue weighted by Gasteiger charge is -2.39. The van der Waals surface area contributed by atoms with E-state index in [0.717, 1.165) is 12.1 Å². The molecule has 5 nitrogen and oxygen atoms in total. The summed E-state index contributed by atoms with van der Waals surface area (Å²) in [7, 11) is 0. The molecule has 8 heteroatoms. The summed E-state index contributed by atoms with van der Waals surface area (Å²) >= 11 is 0. The first kappa shape index (κ1) is 21.0. The summed E-state index contributed by atoms with van der Waals surface area (Å²) in [6, 6.07) is 13.1. The zero-order valence-corrected chi connectivity index (χ0v) is 16.7. The molecule has 0 bridgehead atoms. The molecule has 2 heterocycles. The molecular weight excluding hydrogens is 407 g/mol. The largest absolute Gasteiger partial charge is 0.468 e. The lowest BCUT2D eigenvalue weighted by atomic mass is 10.1. The molecular formula is C23H22F3N3O2. The van der Waals surface area contributed by atoms with Crippen LogP contribution in [0.25, 0.3) is 0 Å². The number of hydrogen-bond acceptors (Lipinski definition) is 4. The minimum absolute atomic E-state index is 0.0430. The van der Waals surface area contributed by atoms with Crippen LogP contribution >= 0.6 is 0 Å². The fraction of sp³-hybridized carbons (Fsp3) is 0.261. The van der Waals surface area contributed by atoms with Crippen LogP contribution in [0.5, 0.6) is 0 Å². The van der Waals surface area contributed by atoms with Gasteiger partial charge >= 0.3 is 0 Å². The van der Waals surface area contributed by atoms with Gasteiger partial charge in [-0.3, -0.25) is 9.69 Å². The number of para-hydroxylation sites is 1. The molecule has 0 radical (unpaired) electrons. The third-order valence-electron chi connectivity index (χ3n) is 5.46. The van der Waals surface area contributed by atoms with Crippen molar-refractivity contribution in [2.45, 2.75) is 6.04 Å². The Hall–Kier alpha value is -3.26. The van der Waals surface area contributed by atoms with Crippen LogP contribution in [-0.2, 0) is 0 Å². The Bertz CT molecular complexity index is 1030. The number of rotatable bonds is 6. The Balaban J connectivity index is 1.42. The Morgan fingerprint density at radius 3 is 2.39 bits per heavy atom. The number of halogens is 3. The molecule has 0 aliphatic carbocycles.